The lowest BCUT2D eigenvalue weighted by molar-refractivity contribution is 0.660. The summed E-state index contributed by atoms with van der Waals surface area (Å²) in [6.07, 6.45) is 0. The Labute approximate surface area is 382 Å². The number of para-hydroxylation sites is 1. The van der Waals surface area contributed by atoms with Crippen LogP contribution in [0.1, 0.15) is 47.2 Å². The lowest BCUT2D eigenvalue weighted by atomic mass is 9.59. The number of hydrogen-bond acceptors (Lipinski definition) is 1. The summed E-state index contributed by atoms with van der Waals surface area (Å²) in [5.74, 6) is 0. The van der Waals surface area contributed by atoms with Gasteiger partial charge in [-0.2, -0.15) is 0 Å². The van der Waals surface area contributed by atoms with Crippen molar-refractivity contribution in [1.82, 2.24) is 0 Å². The predicted octanol–water partition coefficient (Wildman–Crippen LogP) is 16.8. The van der Waals surface area contributed by atoms with E-state index in [2.05, 4.69) is 267 Å². The maximum absolute atomic E-state index is 2.41. The van der Waals surface area contributed by atoms with Crippen molar-refractivity contribution in [3.05, 3.63) is 282 Å². The molecule has 10 aromatic carbocycles. The molecule has 2 aliphatic carbocycles. The number of fused-ring (bicyclic) bond motifs is 9. The van der Waals surface area contributed by atoms with Crippen molar-refractivity contribution in [2.75, 3.05) is 4.90 Å². The van der Waals surface area contributed by atoms with Crippen LogP contribution in [0.15, 0.2) is 249 Å². The second kappa shape index (κ2) is 15.4. The molecule has 0 radical (unpaired) electrons. The zero-order valence-corrected chi connectivity index (χ0v) is 36.6. The molecule has 0 fully saturated rings. The van der Waals surface area contributed by atoms with Crippen molar-refractivity contribution < 1.29 is 0 Å². The molecule has 1 heteroatoms. The zero-order valence-electron chi connectivity index (χ0n) is 36.6. The molecule has 0 heterocycles. The van der Waals surface area contributed by atoms with E-state index in [-0.39, 0.29) is 5.41 Å². The molecule has 1 atom stereocenters. The molecule has 1 unspecified atom stereocenters. The van der Waals surface area contributed by atoms with E-state index in [1.54, 1.807) is 0 Å². The predicted molar refractivity (Wildman–Crippen MR) is 272 cm³/mol. The smallest absolute Gasteiger partial charge is 0.0719 e. The third-order valence-electron chi connectivity index (χ3n) is 14.2. The molecule has 0 N–H and O–H groups in total. The fraction of sp³-hybridized carbons (Fsp3) is 0.0625. The highest BCUT2D eigenvalue weighted by Gasteiger charge is 2.45. The standard InChI is InChI=1S/C64H47N/c1-63(2)57-33-17-15-31-54(57)55-42-41-49(43-61(55)63)65(47-25-10-5-11-26-47)48-39-37-44(38-40-48)50-27-14-18-34-58(50)64(46-23-8-4-9-24-46)59-35-19-16-30-53(59)51-28-12-13-29-52(51)56-32-20-36-60(64)62(56)45-21-6-3-7-22-45/h3-43H,1-2H3. The first kappa shape index (κ1) is 38.7. The van der Waals surface area contributed by atoms with Gasteiger partial charge in [-0.15, -0.1) is 0 Å². The lowest BCUT2D eigenvalue weighted by Crippen LogP contribution is -2.33. The highest BCUT2D eigenvalue weighted by molar-refractivity contribution is 5.98. The molecule has 0 saturated carbocycles. The molecule has 12 rings (SSSR count). The van der Waals surface area contributed by atoms with Gasteiger partial charge >= 0.3 is 0 Å². The number of nitrogens with zero attached hydrogens (tertiary/aromatic N) is 1. The van der Waals surface area contributed by atoms with Gasteiger partial charge < -0.3 is 4.90 Å². The van der Waals surface area contributed by atoms with Gasteiger partial charge in [0, 0.05) is 22.5 Å². The second-order valence-corrected chi connectivity index (χ2v) is 18.0. The average Bonchev–Trinajstić information content (AvgIpc) is 3.60. The van der Waals surface area contributed by atoms with E-state index in [1.165, 1.54) is 83.5 Å². The van der Waals surface area contributed by atoms with Crippen LogP contribution in [0.2, 0.25) is 0 Å². The van der Waals surface area contributed by atoms with Crippen LogP contribution in [-0.2, 0) is 10.8 Å². The molecule has 0 spiro atoms. The van der Waals surface area contributed by atoms with E-state index in [0.29, 0.717) is 0 Å². The highest BCUT2D eigenvalue weighted by atomic mass is 15.1. The minimum atomic E-state index is -0.716. The van der Waals surface area contributed by atoms with Crippen molar-refractivity contribution in [2.45, 2.75) is 24.7 Å². The summed E-state index contributed by atoms with van der Waals surface area (Å²) >= 11 is 0. The van der Waals surface area contributed by atoms with Crippen LogP contribution in [0, 0.1) is 0 Å². The topological polar surface area (TPSA) is 3.24 Å². The van der Waals surface area contributed by atoms with Gasteiger partial charge in [-0.25, -0.2) is 0 Å². The number of benzene rings is 10. The Morgan fingerprint density at radius 1 is 0.277 bits per heavy atom. The Kier molecular flexibility index (Phi) is 9.14. The maximum Gasteiger partial charge on any atom is 0.0719 e. The Bertz CT molecular complexity index is 3380. The van der Waals surface area contributed by atoms with E-state index in [4.69, 9.17) is 0 Å². The normalized spacial score (nSPS) is 15.1. The molecule has 2 bridgehead atoms. The van der Waals surface area contributed by atoms with Crippen molar-refractivity contribution >= 4 is 17.1 Å². The molecule has 0 aliphatic heterocycles. The van der Waals surface area contributed by atoms with Crippen LogP contribution in [0.25, 0.3) is 55.6 Å². The van der Waals surface area contributed by atoms with Crippen LogP contribution in [-0.4, -0.2) is 0 Å². The highest BCUT2D eigenvalue weighted by Crippen LogP contribution is 2.57. The van der Waals surface area contributed by atoms with Crippen molar-refractivity contribution in [2.24, 2.45) is 0 Å². The van der Waals surface area contributed by atoms with Crippen LogP contribution in [0.4, 0.5) is 17.1 Å². The fourth-order valence-electron chi connectivity index (χ4n) is 11.3. The minimum Gasteiger partial charge on any atom is -0.310 e. The molecule has 65 heavy (non-hydrogen) atoms. The average molecular weight is 830 g/mol. The van der Waals surface area contributed by atoms with Gasteiger partial charge in [-0.1, -0.05) is 226 Å². The first-order chi connectivity index (χ1) is 32.0. The maximum atomic E-state index is 2.41. The first-order valence-electron chi connectivity index (χ1n) is 22.8. The largest absolute Gasteiger partial charge is 0.310 e. The number of anilines is 3. The number of hydrogen-bond donors (Lipinski definition) is 0. The molecule has 0 aromatic heterocycles. The van der Waals surface area contributed by atoms with Gasteiger partial charge in [0.2, 0.25) is 0 Å². The summed E-state index contributed by atoms with van der Waals surface area (Å²) < 4.78 is 0. The summed E-state index contributed by atoms with van der Waals surface area (Å²) in [6, 6.07) is 92.4. The van der Waals surface area contributed by atoms with Gasteiger partial charge in [0.15, 0.2) is 0 Å². The fourth-order valence-corrected chi connectivity index (χ4v) is 11.3. The van der Waals surface area contributed by atoms with Crippen molar-refractivity contribution in [3.63, 3.8) is 0 Å². The molecule has 2 aliphatic rings. The molecule has 308 valence electrons. The summed E-state index contributed by atoms with van der Waals surface area (Å²) in [6.45, 7) is 4.71. The monoisotopic (exact) mass is 829 g/mol. The summed E-state index contributed by atoms with van der Waals surface area (Å²) in [7, 11) is 0. The lowest BCUT2D eigenvalue weighted by Gasteiger charge is -2.42. The summed E-state index contributed by atoms with van der Waals surface area (Å²) in [5, 5.41) is 0. The van der Waals surface area contributed by atoms with Crippen LogP contribution in [0.3, 0.4) is 0 Å². The molecule has 0 amide bonds. The summed E-state index contributed by atoms with van der Waals surface area (Å²) in [5.41, 5.74) is 22.7. The van der Waals surface area contributed by atoms with Gasteiger partial charge in [-0.05, 0) is 125 Å². The third-order valence-corrected chi connectivity index (χ3v) is 14.2. The number of rotatable bonds is 7. The molecule has 1 nitrogen and oxygen atoms in total. The van der Waals surface area contributed by atoms with Crippen molar-refractivity contribution in [1.29, 1.82) is 0 Å². The van der Waals surface area contributed by atoms with Crippen LogP contribution < -0.4 is 4.90 Å². The van der Waals surface area contributed by atoms with Crippen LogP contribution >= 0.6 is 0 Å². The first-order valence-corrected chi connectivity index (χ1v) is 22.8. The van der Waals surface area contributed by atoms with Gasteiger partial charge in [-0.3, -0.25) is 0 Å². The van der Waals surface area contributed by atoms with E-state index >= 15 is 0 Å². The summed E-state index contributed by atoms with van der Waals surface area (Å²) in [4.78, 5) is 2.40. The Balaban J connectivity index is 1.08. The van der Waals surface area contributed by atoms with Gasteiger partial charge in [0.05, 0.1) is 5.41 Å². The Hall–Kier alpha value is -8.00. The van der Waals surface area contributed by atoms with E-state index in [1.807, 2.05) is 0 Å². The zero-order chi connectivity index (χ0) is 43.5. The quantitative estimate of drug-likeness (QED) is 0.155. The van der Waals surface area contributed by atoms with E-state index in [9.17, 15) is 0 Å². The molecule has 0 saturated heterocycles. The Morgan fingerprint density at radius 2 is 0.723 bits per heavy atom. The minimum absolute atomic E-state index is 0.107. The van der Waals surface area contributed by atoms with Gasteiger partial charge in [0.1, 0.15) is 0 Å². The van der Waals surface area contributed by atoms with E-state index in [0.717, 1.165) is 22.6 Å². The van der Waals surface area contributed by atoms with Crippen molar-refractivity contribution in [3.8, 4) is 55.6 Å². The van der Waals surface area contributed by atoms with Gasteiger partial charge in [0.25, 0.3) is 0 Å². The van der Waals surface area contributed by atoms with Crippen LogP contribution in [0.5, 0.6) is 0 Å². The Morgan fingerprint density at radius 3 is 1.40 bits per heavy atom. The molecular formula is C64H47N. The van der Waals surface area contributed by atoms with E-state index < -0.39 is 5.41 Å². The third kappa shape index (κ3) is 6.00. The second-order valence-electron chi connectivity index (χ2n) is 18.0. The SMILES string of the molecule is CC1(C)c2ccccc2-c2ccc(N(c3ccccc3)c3ccc(-c4ccccc4C4(c5ccccc5)c5ccccc5-c5ccccc5-c5cccc4c5-c4ccccc4)cc3)cc21. The molecular weight excluding hydrogens is 783 g/mol. The molecule has 10 aromatic rings.